The third-order valence-electron chi connectivity index (χ3n) is 5.72. The van der Waals surface area contributed by atoms with Gasteiger partial charge in [-0.1, -0.05) is 42.5 Å². The fourth-order valence-electron chi connectivity index (χ4n) is 4.21. The van der Waals surface area contributed by atoms with Crippen LogP contribution >= 0.6 is 0 Å². The lowest BCUT2D eigenvalue weighted by atomic mass is 9.93. The molecular formula is C24H23N3O3. The van der Waals surface area contributed by atoms with Gasteiger partial charge in [0, 0.05) is 35.8 Å². The van der Waals surface area contributed by atoms with E-state index < -0.39 is 6.04 Å². The van der Waals surface area contributed by atoms with Crippen molar-refractivity contribution in [1.29, 1.82) is 5.26 Å². The molecule has 6 nitrogen and oxygen atoms in total. The summed E-state index contributed by atoms with van der Waals surface area (Å²) < 4.78 is 6.97. The number of ketones is 1. The van der Waals surface area contributed by atoms with Crippen LogP contribution in [0.1, 0.15) is 27.9 Å². The van der Waals surface area contributed by atoms with Crippen molar-refractivity contribution in [3.8, 4) is 6.07 Å². The number of hydrogen-bond donors (Lipinski definition) is 0. The number of aryl methyl sites for hydroxylation is 1. The molecule has 0 N–H and O–H groups in total. The van der Waals surface area contributed by atoms with Crippen LogP contribution in [0.2, 0.25) is 0 Å². The van der Waals surface area contributed by atoms with Crippen molar-refractivity contribution in [3.63, 3.8) is 0 Å². The highest BCUT2D eigenvalue weighted by Crippen LogP contribution is 2.26. The summed E-state index contributed by atoms with van der Waals surface area (Å²) in [6.07, 6.45) is 2.73. The van der Waals surface area contributed by atoms with Crippen LogP contribution in [0.15, 0.2) is 54.7 Å². The van der Waals surface area contributed by atoms with Gasteiger partial charge in [-0.15, -0.1) is 0 Å². The minimum Gasteiger partial charge on any atom is -0.468 e. The van der Waals surface area contributed by atoms with Gasteiger partial charge in [-0.25, -0.2) is 0 Å². The van der Waals surface area contributed by atoms with E-state index in [2.05, 4.69) is 6.07 Å². The molecule has 1 aromatic heterocycles. The van der Waals surface area contributed by atoms with E-state index in [1.165, 1.54) is 7.11 Å². The van der Waals surface area contributed by atoms with Gasteiger partial charge < -0.3 is 9.30 Å². The number of carbonyl (C=O) groups excluding carboxylic acids is 2. The van der Waals surface area contributed by atoms with Gasteiger partial charge in [0.25, 0.3) is 0 Å². The molecule has 1 aliphatic heterocycles. The number of benzene rings is 2. The summed E-state index contributed by atoms with van der Waals surface area (Å²) in [6.45, 7) is 1.18. The molecule has 0 bridgehead atoms. The first-order chi connectivity index (χ1) is 14.6. The molecule has 0 saturated carbocycles. The van der Waals surface area contributed by atoms with Crippen LogP contribution in [0.3, 0.4) is 0 Å². The predicted molar refractivity (Wildman–Crippen MR) is 113 cm³/mol. The molecule has 0 amide bonds. The van der Waals surface area contributed by atoms with E-state index in [9.17, 15) is 9.59 Å². The fourth-order valence-corrected chi connectivity index (χ4v) is 4.21. The number of nitriles is 1. The van der Waals surface area contributed by atoms with Crippen molar-refractivity contribution in [3.05, 3.63) is 71.4 Å². The minimum absolute atomic E-state index is 0.0461. The summed E-state index contributed by atoms with van der Waals surface area (Å²) >= 11 is 0. The molecule has 1 aliphatic rings. The highest BCUT2D eigenvalue weighted by atomic mass is 16.5. The first kappa shape index (κ1) is 19.9. The second-order valence-electron chi connectivity index (χ2n) is 7.50. The van der Waals surface area contributed by atoms with Gasteiger partial charge in [-0.3, -0.25) is 14.5 Å². The van der Waals surface area contributed by atoms with E-state index >= 15 is 0 Å². The first-order valence-corrected chi connectivity index (χ1v) is 9.99. The summed E-state index contributed by atoms with van der Waals surface area (Å²) in [4.78, 5) is 27.6. The third kappa shape index (κ3) is 3.72. The van der Waals surface area contributed by atoms with Crippen molar-refractivity contribution < 1.29 is 14.3 Å². The van der Waals surface area contributed by atoms with E-state index in [0.29, 0.717) is 31.5 Å². The molecule has 2 aromatic carbocycles. The van der Waals surface area contributed by atoms with Gasteiger partial charge in [0.1, 0.15) is 6.04 Å². The van der Waals surface area contributed by atoms with Crippen molar-refractivity contribution >= 4 is 22.7 Å². The zero-order valence-electron chi connectivity index (χ0n) is 16.9. The average molecular weight is 401 g/mol. The number of rotatable bonds is 6. The maximum atomic E-state index is 13.3. The van der Waals surface area contributed by atoms with E-state index in [1.807, 2.05) is 64.2 Å². The molecule has 2 heterocycles. The lowest BCUT2D eigenvalue weighted by molar-refractivity contribution is -0.147. The summed E-state index contributed by atoms with van der Waals surface area (Å²) in [5.74, 6) is -0.371. The highest BCUT2D eigenvalue weighted by Gasteiger charge is 2.33. The maximum absolute atomic E-state index is 13.3. The summed E-state index contributed by atoms with van der Waals surface area (Å²) in [7, 11) is 1.38. The average Bonchev–Trinajstić information content (AvgIpc) is 3.15. The molecule has 4 rings (SSSR count). The Morgan fingerprint density at radius 3 is 2.63 bits per heavy atom. The monoisotopic (exact) mass is 401 g/mol. The second kappa shape index (κ2) is 8.52. The Labute approximate surface area is 175 Å². The van der Waals surface area contributed by atoms with Crippen LogP contribution in [0.5, 0.6) is 0 Å². The molecule has 0 radical (unpaired) electrons. The zero-order chi connectivity index (χ0) is 21.1. The van der Waals surface area contributed by atoms with Crippen molar-refractivity contribution in [1.82, 2.24) is 9.47 Å². The van der Waals surface area contributed by atoms with Gasteiger partial charge in [-0.05, 0) is 23.6 Å². The number of Topliss-reactive ketones (excluding diaryl/α,β-unsaturated/α-hetero) is 1. The second-order valence-corrected chi connectivity index (χ2v) is 7.50. The van der Waals surface area contributed by atoms with Crippen LogP contribution in [-0.4, -0.2) is 40.9 Å². The number of nitrogens with zero attached hydrogens (tertiary/aromatic N) is 3. The Kier molecular flexibility index (Phi) is 5.64. The van der Waals surface area contributed by atoms with E-state index in [1.54, 1.807) is 0 Å². The molecular weight excluding hydrogens is 378 g/mol. The fraction of sp³-hybridized carbons (Fsp3) is 0.292. The zero-order valence-corrected chi connectivity index (χ0v) is 16.9. The summed E-state index contributed by atoms with van der Waals surface area (Å²) in [6, 6.07) is 17.4. The van der Waals surface area contributed by atoms with Crippen LogP contribution < -0.4 is 0 Å². The van der Waals surface area contributed by atoms with Gasteiger partial charge in [0.2, 0.25) is 0 Å². The predicted octanol–water partition coefficient (Wildman–Crippen LogP) is 3.34. The Balaban J connectivity index is 1.64. The van der Waals surface area contributed by atoms with Gasteiger partial charge >= 0.3 is 5.97 Å². The Bertz CT molecular complexity index is 1140. The van der Waals surface area contributed by atoms with Crippen molar-refractivity contribution in [2.45, 2.75) is 32.0 Å². The summed E-state index contributed by atoms with van der Waals surface area (Å²) in [5.41, 5.74) is 3.79. The SMILES string of the molecule is COC(=O)C1Cc2ccccc2CN1CC(=O)c1cn(CCC#N)c2ccccc12. The van der Waals surface area contributed by atoms with E-state index in [-0.39, 0.29) is 18.3 Å². The standard InChI is InChI=1S/C24H23N3O3/c1-30-24(29)22-13-17-7-2-3-8-18(17)14-27(22)16-23(28)20-15-26(12-6-11-25)21-10-5-4-9-19(20)21/h2-5,7-10,15,22H,6,12-14,16H2,1H3. The lowest BCUT2D eigenvalue weighted by Gasteiger charge is -2.34. The lowest BCUT2D eigenvalue weighted by Crippen LogP contribution is -2.48. The number of fused-ring (bicyclic) bond motifs is 2. The molecule has 30 heavy (non-hydrogen) atoms. The van der Waals surface area contributed by atoms with Crippen molar-refractivity contribution in [2.75, 3.05) is 13.7 Å². The van der Waals surface area contributed by atoms with Crippen molar-refractivity contribution in [2.24, 2.45) is 0 Å². The van der Waals surface area contributed by atoms with Gasteiger partial charge in [-0.2, -0.15) is 5.26 Å². The molecule has 152 valence electrons. The largest absolute Gasteiger partial charge is 0.468 e. The molecule has 1 atom stereocenters. The number of hydrogen-bond acceptors (Lipinski definition) is 5. The third-order valence-corrected chi connectivity index (χ3v) is 5.72. The van der Waals surface area contributed by atoms with Crippen LogP contribution in [0, 0.1) is 11.3 Å². The molecule has 0 saturated heterocycles. The Morgan fingerprint density at radius 1 is 1.13 bits per heavy atom. The highest BCUT2D eigenvalue weighted by molar-refractivity contribution is 6.09. The summed E-state index contributed by atoms with van der Waals surface area (Å²) in [5, 5.41) is 9.80. The normalized spacial score (nSPS) is 16.1. The quantitative estimate of drug-likeness (QED) is 0.468. The number of para-hydroxylation sites is 1. The van der Waals surface area contributed by atoms with E-state index in [4.69, 9.17) is 10.00 Å². The number of carbonyl (C=O) groups is 2. The first-order valence-electron chi connectivity index (χ1n) is 9.99. The van der Waals surface area contributed by atoms with Crippen LogP contribution in [-0.2, 0) is 29.0 Å². The Morgan fingerprint density at radius 2 is 1.87 bits per heavy atom. The van der Waals surface area contributed by atoms with E-state index in [0.717, 1.165) is 22.0 Å². The number of esters is 1. The molecule has 0 fully saturated rings. The number of ether oxygens (including phenoxy) is 1. The van der Waals surface area contributed by atoms with Crippen LogP contribution in [0.25, 0.3) is 10.9 Å². The molecule has 3 aromatic rings. The number of methoxy groups -OCH3 is 1. The maximum Gasteiger partial charge on any atom is 0.323 e. The smallest absolute Gasteiger partial charge is 0.323 e. The molecule has 1 unspecified atom stereocenters. The molecule has 0 aliphatic carbocycles. The topological polar surface area (TPSA) is 75.3 Å². The molecule has 6 heteroatoms. The van der Waals surface area contributed by atoms with Gasteiger partial charge in [0.05, 0.1) is 26.1 Å². The van der Waals surface area contributed by atoms with Gasteiger partial charge in [0.15, 0.2) is 5.78 Å². The molecule has 0 spiro atoms. The Hall–Kier alpha value is -3.43. The minimum atomic E-state index is -0.485. The number of aromatic nitrogens is 1. The van der Waals surface area contributed by atoms with Crippen LogP contribution in [0.4, 0.5) is 0 Å².